The summed E-state index contributed by atoms with van der Waals surface area (Å²) in [5.41, 5.74) is 8.86. The van der Waals surface area contributed by atoms with Crippen LogP contribution in [0.3, 0.4) is 0 Å². The van der Waals surface area contributed by atoms with E-state index < -0.39 is 0 Å². The standard InChI is InChI=1S/C18H21NOS/c1-13(2)16-7-6-14(3)18(10-16)20-11-17-9-15(12-21-17)5-4-8-19/h6-7,9-10,12-13H,8,11,19H2,1-3H3. The first-order chi connectivity index (χ1) is 10.1. The molecule has 0 fully saturated rings. The van der Waals surface area contributed by atoms with Gasteiger partial charge in [-0.1, -0.05) is 37.8 Å². The van der Waals surface area contributed by atoms with Crippen molar-refractivity contribution in [3.05, 3.63) is 51.2 Å². The summed E-state index contributed by atoms with van der Waals surface area (Å²) in [7, 11) is 0. The summed E-state index contributed by atoms with van der Waals surface area (Å²) in [6.07, 6.45) is 0. The second-order valence-corrected chi connectivity index (χ2v) is 6.27. The Hall–Kier alpha value is -1.76. The molecule has 2 N–H and O–H groups in total. The number of hydrogen-bond donors (Lipinski definition) is 1. The van der Waals surface area contributed by atoms with Gasteiger partial charge in [0.25, 0.3) is 0 Å². The van der Waals surface area contributed by atoms with Crippen molar-refractivity contribution in [1.29, 1.82) is 0 Å². The van der Waals surface area contributed by atoms with Crippen LogP contribution in [0.25, 0.3) is 0 Å². The van der Waals surface area contributed by atoms with Crippen LogP contribution in [0, 0.1) is 18.8 Å². The van der Waals surface area contributed by atoms with Crippen molar-refractivity contribution >= 4 is 11.3 Å². The fourth-order valence-electron chi connectivity index (χ4n) is 1.96. The van der Waals surface area contributed by atoms with E-state index in [1.165, 1.54) is 16.0 Å². The first kappa shape index (κ1) is 15.6. The highest BCUT2D eigenvalue weighted by molar-refractivity contribution is 7.10. The lowest BCUT2D eigenvalue weighted by molar-refractivity contribution is 0.307. The molecule has 3 heteroatoms. The largest absolute Gasteiger partial charge is 0.488 e. The third-order valence-electron chi connectivity index (χ3n) is 3.24. The highest BCUT2D eigenvalue weighted by atomic mass is 32.1. The van der Waals surface area contributed by atoms with Gasteiger partial charge in [0, 0.05) is 15.8 Å². The Morgan fingerprint density at radius 3 is 2.81 bits per heavy atom. The number of hydrogen-bond acceptors (Lipinski definition) is 3. The molecule has 2 aromatic rings. The SMILES string of the molecule is Cc1ccc(C(C)C)cc1OCc1cc(C#CCN)cs1. The summed E-state index contributed by atoms with van der Waals surface area (Å²) >= 11 is 1.67. The fraction of sp³-hybridized carbons (Fsp3) is 0.333. The molecule has 2 rings (SSSR count). The highest BCUT2D eigenvalue weighted by Gasteiger charge is 2.06. The van der Waals surface area contributed by atoms with E-state index in [4.69, 9.17) is 10.5 Å². The molecular weight excluding hydrogens is 278 g/mol. The van der Waals surface area contributed by atoms with Gasteiger partial charge in [-0.25, -0.2) is 0 Å². The van der Waals surface area contributed by atoms with E-state index in [0.29, 0.717) is 19.1 Å². The first-order valence-electron chi connectivity index (χ1n) is 7.10. The Balaban J connectivity index is 2.05. The Kier molecular flexibility index (Phi) is 5.44. The van der Waals surface area contributed by atoms with E-state index in [9.17, 15) is 0 Å². The summed E-state index contributed by atoms with van der Waals surface area (Å²) in [6, 6.07) is 8.49. The van der Waals surface area contributed by atoms with Gasteiger partial charge in [-0.15, -0.1) is 11.3 Å². The molecule has 110 valence electrons. The maximum absolute atomic E-state index is 5.97. The molecule has 0 bridgehead atoms. The molecule has 21 heavy (non-hydrogen) atoms. The topological polar surface area (TPSA) is 35.2 Å². The van der Waals surface area contributed by atoms with Crippen LogP contribution in [0.15, 0.2) is 29.6 Å². The minimum atomic E-state index is 0.392. The summed E-state index contributed by atoms with van der Waals surface area (Å²) in [6.45, 7) is 7.43. The highest BCUT2D eigenvalue weighted by Crippen LogP contribution is 2.26. The number of thiophene rings is 1. The number of benzene rings is 1. The zero-order chi connectivity index (χ0) is 15.2. The van der Waals surface area contributed by atoms with Crippen LogP contribution in [-0.2, 0) is 6.61 Å². The quantitative estimate of drug-likeness (QED) is 0.864. The van der Waals surface area contributed by atoms with Crippen LogP contribution in [0.2, 0.25) is 0 Å². The molecule has 0 saturated carbocycles. The molecule has 0 aliphatic carbocycles. The van der Waals surface area contributed by atoms with Gasteiger partial charge < -0.3 is 10.5 Å². The second kappa shape index (κ2) is 7.31. The minimum absolute atomic E-state index is 0.392. The summed E-state index contributed by atoms with van der Waals surface area (Å²) in [5.74, 6) is 7.37. The smallest absolute Gasteiger partial charge is 0.123 e. The molecule has 2 nitrogen and oxygen atoms in total. The zero-order valence-electron chi connectivity index (χ0n) is 12.8. The average molecular weight is 299 g/mol. The molecule has 0 spiro atoms. The van der Waals surface area contributed by atoms with E-state index in [1.807, 2.05) is 5.38 Å². The second-order valence-electron chi connectivity index (χ2n) is 5.28. The van der Waals surface area contributed by atoms with Crippen molar-refractivity contribution in [3.8, 4) is 17.6 Å². The van der Waals surface area contributed by atoms with Crippen molar-refractivity contribution < 1.29 is 4.74 Å². The molecule has 1 heterocycles. The maximum atomic E-state index is 5.97. The molecule has 0 aliphatic rings. The van der Waals surface area contributed by atoms with Gasteiger partial charge in [0.15, 0.2) is 0 Å². The van der Waals surface area contributed by atoms with Crippen molar-refractivity contribution in [1.82, 2.24) is 0 Å². The lowest BCUT2D eigenvalue weighted by atomic mass is 10.0. The van der Waals surface area contributed by atoms with Crippen molar-refractivity contribution in [2.75, 3.05) is 6.54 Å². The third kappa shape index (κ3) is 4.35. The maximum Gasteiger partial charge on any atom is 0.123 e. The molecule has 0 radical (unpaired) electrons. The monoisotopic (exact) mass is 299 g/mol. The first-order valence-corrected chi connectivity index (χ1v) is 7.98. The van der Waals surface area contributed by atoms with Gasteiger partial charge >= 0.3 is 0 Å². The predicted octanol–water partition coefficient (Wildman–Crippen LogP) is 4.07. The lowest BCUT2D eigenvalue weighted by Crippen LogP contribution is -1.97. The van der Waals surface area contributed by atoms with Gasteiger partial charge in [-0.3, -0.25) is 0 Å². The molecule has 0 amide bonds. The Morgan fingerprint density at radius 1 is 1.29 bits per heavy atom. The Bertz CT molecular complexity index is 661. The van der Waals surface area contributed by atoms with Crippen LogP contribution < -0.4 is 10.5 Å². The van der Waals surface area contributed by atoms with E-state index in [1.54, 1.807) is 11.3 Å². The third-order valence-corrected chi connectivity index (χ3v) is 4.15. The van der Waals surface area contributed by atoms with Crippen molar-refractivity contribution in [2.24, 2.45) is 5.73 Å². The van der Waals surface area contributed by atoms with Gasteiger partial charge in [0.2, 0.25) is 0 Å². The molecule has 1 aromatic heterocycles. The summed E-state index contributed by atoms with van der Waals surface area (Å²) in [5, 5.41) is 2.04. The van der Waals surface area contributed by atoms with Crippen LogP contribution in [0.1, 0.15) is 41.3 Å². The van der Waals surface area contributed by atoms with Gasteiger partial charge in [-0.2, -0.15) is 0 Å². The molecular formula is C18H21NOS. The van der Waals surface area contributed by atoms with Crippen LogP contribution >= 0.6 is 11.3 Å². The molecule has 0 atom stereocenters. The van der Waals surface area contributed by atoms with Crippen LogP contribution in [-0.4, -0.2) is 6.54 Å². The van der Waals surface area contributed by atoms with Crippen LogP contribution in [0.5, 0.6) is 5.75 Å². The molecule has 0 saturated heterocycles. The van der Waals surface area contributed by atoms with Crippen molar-refractivity contribution in [3.63, 3.8) is 0 Å². The van der Waals surface area contributed by atoms with Gasteiger partial charge in [0.1, 0.15) is 12.4 Å². The van der Waals surface area contributed by atoms with Gasteiger partial charge in [-0.05, 0) is 36.1 Å². The summed E-state index contributed by atoms with van der Waals surface area (Å²) in [4.78, 5) is 1.17. The van der Waals surface area contributed by atoms with E-state index >= 15 is 0 Å². The normalized spacial score (nSPS) is 10.3. The fourth-order valence-corrected chi connectivity index (χ4v) is 2.68. The Labute approximate surface area is 131 Å². The lowest BCUT2D eigenvalue weighted by Gasteiger charge is -2.12. The van der Waals surface area contributed by atoms with E-state index in [0.717, 1.165) is 11.3 Å². The van der Waals surface area contributed by atoms with Crippen LogP contribution in [0.4, 0.5) is 0 Å². The van der Waals surface area contributed by atoms with E-state index in [2.05, 4.69) is 56.9 Å². The number of nitrogens with two attached hydrogens (primary N) is 1. The predicted molar refractivity (Wildman–Crippen MR) is 89.9 cm³/mol. The molecule has 0 unspecified atom stereocenters. The Morgan fingerprint density at radius 2 is 2.10 bits per heavy atom. The molecule has 0 aliphatic heterocycles. The number of rotatable bonds is 4. The minimum Gasteiger partial charge on any atom is -0.488 e. The number of ether oxygens (including phenoxy) is 1. The summed E-state index contributed by atoms with van der Waals surface area (Å²) < 4.78 is 5.97. The van der Waals surface area contributed by atoms with E-state index in [-0.39, 0.29) is 0 Å². The molecule has 1 aromatic carbocycles. The average Bonchev–Trinajstić information content (AvgIpc) is 2.92. The zero-order valence-corrected chi connectivity index (χ0v) is 13.6. The van der Waals surface area contributed by atoms with Crippen molar-refractivity contribution in [2.45, 2.75) is 33.3 Å². The van der Waals surface area contributed by atoms with Gasteiger partial charge in [0.05, 0.1) is 6.54 Å². The number of aryl methyl sites for hydroxylation is 1.